The second kappa shape index (κ2) is 10.1. The molecule has 0 atom stereocenters. The first-order valence-corrected chi connectivity index (χ1v) is 8.77. The highest BCUT2D eigenvalue weighted by atomic mass is 16.5. The summed E-state index contributed by atoms with van der Waals surface area (Å²) in [5.74, 6) is -1.81. The van der Waals surface area contributed by atoms with Gasteiger partial charge in [-0.25, -0.2) is 4.79 Å². The summed E-state index contributed by atoms with van der Waals surface area (Å²) < 4.78 is 10.2. The van der Waals surface area contributed by atoms with Crippen molar-refractivity contribution in [1.29, 1.82) is 0 Å². The van der Waals surface area contributed by atoms with E-state index in [1.165, 1.54) is 32.0 Å². The summed E-state index contributed by atoms with van der Waals surface area (Å²) in [5.41, 5.74) is 1.90. The number of esters is 1. The maximum Gasteiger partial charge on any atom is 0.338 e. The summed E-state index contributed by atoms with van der Waals surface area (Å²) in [6.07, 6.45) is 0. The average molecular weight is 398 g/mol. The average Bonchev–Trinajstić information content (AvgIpc) is 2.65. The Morgan fingerprint density at radius 2 is 1.66 bits per heavy atom. The van der Waals surface area contributed by atoms with Crippen LogP contribution in [0.4, 0.5) is 11.4 Å². The molecule has 8 heteroatoms. The number of nitrogens with one attached hydrogen (secondary N) is 2. The van der Waals surface area contributed by atoms with Crippen molar-refractivity contribution in [3.63, 3.8) is 0 Å². The maximum atomic E-state index is 12.5. The van der Waals surface area contributed by atoms with Gasteiger partial charge in [-0.2, -0.15) is 0 Å². The minimum Gasteiger partial charge on any atom is -0.454 e. The molecule has 0 aliphatic rings. The SMILES string of the molecule is COCc1cccc(C(=O)OCC(=O)c2ccc(NC(C)=O)cc2NC(C)=O)c1. The zero-order chi connectivity index (χ0) is 21.4. The van der Waals surface area contributed by atoms with Gasteiger partial charge >= 0.3 is 5.97 Å². The summed E-state index contributed by atoms with van der Waals surface area (Å²) >= 11 is 0. The molecule has 0 aliphatic carbocycles. The monoisotopic (exact) mass is 398 g/mol. The molecular formula is C21H22N2O6. The molecular weight excluding hydrogens is 376 g/mol. The van der Waals surface area contributed by atoms with Crippen molar-refractivity contribution < 1.29 is 28.7 Å². The lowest BCUT2D eigenvalue weighted by atomic mass is 10.1. The largest absolute Gasteiger partial charge is 0.454 e. The number of amides is 2. The Kier molecular flexibility index (Phi) is 7.62. The highest BCUT2D eigenvalue weighted by Crippen LogP contribution is 2.22. The van der Waals surface area contributed by atoms with Gasteiger partial charge in [0.2, 0.25) is 17.6 Å². The van der Waals surface area contributed by atoms with Crippen LogP contribution in [0.15, 0.2) is 42.5 Å². The summed E-state index contributed by atoms with van der Waals surface area (Å²) in [4.78, 5) is 47.5. The third kappa shape index (κ3) is 6.54. The van der Waals surface area contributed by atoms with Crippen LogP contribution in [-0.4, -0.2) is 37.3 Å². The van der Waals surface area contributed by atoms with Crippen molar-refractivity contribution >= 4 is 34.9 Å². The molecule has 0 aliphatic heterocycles. The molecule has 0 unspecified atom stereocenters. The van der Waals surface area contributed by atoms with E-state index in [1.54, 1.807) is 25.3 Å². The molecule has 0 radical (unpaired) electrons. The second-order valence-corrected chi connectivity index (χ2v) is 6.26. The third-order valence-electron chi connectivity index (χ3n) is 3.76. The van der Waals surface area contributed by atoms with Crippen LogP contribution in [0.3, 0.4) is 0 Å². The van der Waals surface area contributed by atoms with E-state index in [0.717, 1.165) is 5.56 Å². The zero-order valence-corrected chi connectivity index (χ0v) is 16.4. The van der Waals surface area contributed by atoms with E-state index in [0.29, 0.717) is 17.9 Å². The molecule has 0 spiro atoms. The maximum absolute atomic E-state index is 12.5. The van der Waals surface area contributed by atoms with Gasteiger partial charge in [-0.3, -0.25) is 14.4 Å². The van der Waals surface area contributed by atoms with Gasteiger partial charge in [-0.05, 0) is 35.9 Å². The van der Waals surface area contributed by atoms with E-state index >= 15 is 0 Å². The Morgan fingerprint density at radius 3 is 2.31 bits per heavy atom. The first kappa shape index (κ1) is 21.8. The number of hydrogen-bond acceptors (Lipinski definition) is 6. The summed E-state index contributed by atoms with van der Waals surface area (Å²) in [7, 11) is 1.55. The number of rotatable bonds is 8. The lowest BCUT2D eigenvalue weighted by Crippen LogP contribution is -2.18. The molecule has 0 bridgehead atoms. The first-order valence-electron chi connectivity index (χ1n) is 8.77. The number of carbonyl (C=O) groups is 4. The number of methoxy groups -OCH3 is 1. The van der Waals surface area contributed by atoms with Crippen LogP contribution in [-0.2, 0) is 25.7 Å². The van der Waals surface area contributed by atoms with Gasteiger partial charge < -0.3 is 20.1 Å². The minimum absolute atomic E-state index is 0.162. The molecule has 2 N–H and O–H groups in total. The lowest BCUT2D eigenvalue weighted by Gasteiger charge is -2.12. The van der Waals surface area contributed by atoms with Crippen LogP contribution in [0.25, 0.3) is 0 Å². The van der Waals surface area contributed by atoms with Gasteiger partial charge in [0.1, 0.15) is 0 Å². The topological polar surface area (TPSA) is 111 Å². The summed E-state index contributed by atoms with van der Waals surface area (Å²) in [6, 6.07) is 11.1. The summed E-state index contributed by atoms with van der Waals surface area (Å²) in [5, 5.41) is 5.12. The number of anilines is 2. The molecule has 8 nitrogen and oxygen atoms in total. The molecule has 2 aromatic rings. The molecule has 0 fully saturated rings. The lowest BCUT2D eigenvalue weighted by molar-refractivity contribution is -0.115. The molecule has 2 rings (SSSR count). The molecule has 0 saturated heterocycles. The van der Waals surface area contributed by atoms with Crippen molar-refractivity contribution in [2.75, 3.05) is 24.4 Å². The predicted molar refractivity (Wildman–Crippen MR) is 107 cm³/mol. The quantitative estimate of drug-likeness (QED) is 0.523. The van der Waals surface area contributed by atoms with Crippen LogP contribution in [0, 0.1) is 0 Å². The van der Waals surface area contributed by atoms with Crippen molar-refractivity contribution in [3.8, 4) is 0 Å². The van der Waals surface area contributed by atoms with Gasteiger partial charge in [0.15, 0.2) is 6.61 Å². The number of Topliss-reactive ketones (excluding diaryl/α,β-unsaturated/α-hetero) is 1. The van der Waals surface area contributed by atoms with E-state index in [9.17, 15) is 19.2 Å². The van der Waals surface area contributed by atoms with Crippen LogP contribution in [0.1, 0.15) is 40.1 Å². The smallest absolute Gasteiger partial charge is 0.338 e. The normalized spacial score (nSPS) is 10.2. The van der Waals surface area contributed by atoms with E-state index in [-0.39, 0.29) is 23.1 Å². The predicted octanol–water partition coefficient (Wildman–Crippen LogP) is 2.79. The van der Waals surface area contributed by atoms with Gasteiger partial charge in [-0.15, -0.1) is 0 Å². The molecule has 152 valence electrons. The standard InChI is InChI=1S/C21H22N2O6/c1-13(24)22-17-7-8-18(19(10-17)23-14(2)25)20(26)12-29-21(27)16-6-4-5-15(9-16)11-28-3/h4-10H,11-12H2,1-3H3,(H,22,24)(H,23,25). The summed E-state index contributed by atoms with van der Waals surface area (Å²) in [6.45, 7) is 2.49. The van der Waals surface area contributed by atoms with Crippen molar-refractivity contribution in [2.24, 2.45) is 0 Å². The molecule has 2 amide bonds. The van der Waals surface area contributed by atoms with Gasteiger partial charge in [0.05, 0.1) is 17.9 Å². The molecule has 0 saturated carbocycles. The Labute approximate surface area is 168 Å². The van der Waals surface area contributed by atoms with E-state index in [1.807, 2.05) is 6.07 Å². The first-order chi connectivity index (χ1) is 13.8. The molecule has 29 heavy (non-hydrogen) atoms. The van der Waals surface area contributed by atoms with Crippen molar-refractivity contribution in [2.45, 2.75) is 20.5 Å². The van der Waals surface area contributed by atoms with Gasteiger partial charge in [0.25, 0.3) is 0 Å². The Hall–Kier alpha value is -3.52. The number of ketones is 1. The zero-order valence-electron chi connectivity index (χ0n) is 16.4. The second-order valence-electron chi connectivity index (χ2n) is 6.26. The van der Waals surface area contributed by atoms with Crippen LogP contribution in [0.5, 0.6) is 0 Å². The van der Waals surface area contributed by atoms with Gasteiger partial charge in [0, 0.05) is 32.2 Å². The van der Waals surface area contributed by atoms with E-state index in [2.05, 4.69) is 10.6 Å². The highest BCUT2D eigenvalue weighted by Gasteiger charge is 2.17. The van der Waals surface area contributed by atoms with Crippen LogP contribution >= 0.6 is 0 Å². The van der Waals surface area contributed by atoms with E-state index in [4.69, 9.17) is 9.47 Å². The van der Waals surface area contributed by atoms with Gasteiger partial charge in [-0.1, -0.05) is 12.1 Å². The number of hydrogen-bond donors (Lipinski definition) is 2. The Bertz CT molecular complexity index is 939. The van der Waals surface area contributed by atoms with Crippen molar-refractivity contribution in [1.82, 2.24) is 0 Å². The highest BCUT2D eigenvalue weighted by molar-refractivity contribution is 6.07. The van der Waals surface area contributed by atoms with Crippen LogP contribution in [0.2, 0.25) is 0 Å². The third-order valence-corrected chi connectivity index (χ3v) is 3.76. The minimum atomic E-state index is -0.646. The van der Waals surface area contributed by atoms with E-state index < -0.39 is 18.4 Å². The van der Waals surface area contributed by atoms with Crippen molar-refractivity contribution in [3.05, 3.63) is 59.2 Å². The fraction of sp³-hybridized carbons (Fsp3) is 0.238. The fourth-order valence-electron chi connectivity index (χ4n) is 2.61. The Balaban J connectivity index is 2.13. The number of benzene rings is 2. The Morgan fingerprint density at radius 1 is 0.931 bits per heavy atom. The molecule has 0 heterocycles. The number of ether oxygens (including phenoxy) is 2. The molecule has 0 aromatic heterocycles. The number of carbonyl (C=O) groups excluding carboxylic acids is 4. The molecule has 2 aromatic carbocycles. The fourth-order valence-corrected chi connectivity index (χ4v) is 2.61. The van der Waals surface area contributed by atoms with Crippen LogP contribution < -0.4 is 10.6 Å².